The van der Waals surface area contributed by atoms with Crippen LogP contribution in [0.2, 0.25) is 0 Å². The molecule has 0 saturated heterocycles. The largest absolute Gasteiger partial charge is 0.416 e. The van der Waals surface area contributed by atoms with Gasteiger partial charge in [0.2, 0.25) is 0 Å². The van der Waals surface area contributed by atoms with Crippen molar-refractivity contribution < 1.29 is 13.2 Å². The van der Waals surface area contributed by atoms with Crippen LogP contribution in [0.15, 0.2) is 18.2 Å². The van der Waals surface area contributed by atoms with Crippen LogP contribution in [-0.4, -0.2) is 0 Å². The monoisotopic (exact) mass is 243 g/mol. The molecular weight excluding hydrogens is 227 g/mol. The smallest absolute Gasteiger partial charge is 0.321 e. The van der Waals surface area contributed by atoms with Gasteiger partial charge in [0.25, 0.3) is 0 Å². The van der Waals surface area contributed by atoms with Gasteiger partial charge in [-0.25, -0.2) is 0 Å². The molecule has 0 saturated carbocycles. The van der Waals surface area contributed by atoms with Gasteiger partial charge in [0.1, 0.15) is 0 Å². The quantitative estimate of drug-likeness (QED) is 0.742. The molecule has 2 N–H and O–H groups in total. The number of halogens is 3. The second-order valence-corrected chi connectivity index (χ2v) is 5.63. The molecule has 2 rings (SSSR count). The molecule has 0 aliphatic heterocycles. The topological polar surface area (TPSA) is 26.0 Å². The second-order valence-electron chi connectivity index (χ2n) is 5.63. The van der Waals surface area contributed by atoms with Gasteiger partial charge in [-0.15, -0.1) is 0 Å². The van der Waals surface area contributed by atoms with Gasteiger partial charge in [-0.3, -0.25) is 0 Å². The van der Waals surface area contributed by atoms with E-state index in [2.05, 4.69) is 0 Å². The molecule has 0 spiro atoms. The Hall–Kier alpha value is -1.03. The Labute approximate surface area is 98.8 Å². The van der Waals surface area contributed by atoms with E-state index < -0.39 is 17.3 Å². The van der Waals surface area contributed by atoms with Gasteiger partial charge in [0.15, 0.2) is 0 Å². The van der Waals surface area contributed by atoms with Crippen molar-refractivity contribution >= 4 is 0 Å². The molecule has 94 valence electrons. The summed E-state index contributed by atoms with van der Waals surface area (Å²) < 4.78 is 37.8. The number of hydrogen-bond acceptors (Lipinski definition) is 1. The first kappa shape index (κ1) is 12.4. The van der Waals surface area contributed by atoms with Gasteiger partial charge in [0, 0.05) is 5.54 Å². The standard InChI is InChI=1S/C13H16F3N/c1-11(2)7-8-6-9(13(14,15)16)4-5-10(8)12(11,3)17/h4-6H,7,17H2,1-3H3. The van der Waals surface area contributed by atoms with Crippen molar-refractivity contribution in [1.29, 1.82) is 0 Å². The van der Waals surface area contributed by atoms with Crippen LogP contribution >= 0.6 is 0 Å². The number of benzene rings is 1. The first-order valence-corrected chi connectivity index (χ1v) is 5.55. The van der Waals surface area contributed by atoms with Crippen molar-refractivity contribution in [1.82, 2.24) is 0 Å². The third kappa shape index (κ3) is 1.75. The predicted molar refractivity (Wildman–Crippen MR) is 60.5 cm³/mol. The Morgan fingerprint density at radius 3 is 2.29 bits per heavy atom. The minimum atomic E-state index is -4.28. The van der Waals surface area contributed by atoms with Crippen LogP contribution in [0.1, 0.15) is 37.5 Å². The van der Waals surface area contributed by atoms with Gasteiger partial charge in [-0.05, 0) is 42.0 Å². The Bertz CT molecular complexity index is 458. The Kier molecular flexibility index (Phi) is 2.38. The average Bonchev–Trinajstić information content (AvgIpc) is 2.31. The second kappa shape index (κ2) is 3.25. The zero-order valence-corrected chi connectivity index (χ0v) is 10.2. The van der Waals surface area contributed by atoms with E-state index in [0.717, 1.165) is 17.2 Å². The summed E-state index contributed by atoms with van der Waals surface area (Å²) in [5.74, 6) is 0. The maximum absolute atomic E-state index is 12.6. The van der Waals surface area contributed by atoms with E-state index in [1.165, 1.54) is 12.1 Å². The van der Waals surface area contributed by atoms with Crippen molar-refractivity contribution in [2.24, 2.45) is 11.1 Å². The average molecular weight is 243 g/mol. The highest BCUT2D eigenvalue weighted by Crippen LogP contribution is 2.48. The first-order valence-electron chi connectivity index (χ1n) is 5.55. The Morgan fingerprint density at radius 1 is 1.18 bits per heavy atom. The highest BCUT2D eigenvalue weighted by Gasteiger charge is 2.46. The summed E-state index contributed by atoms with van der Waals surface area (Å²) in [7, 11) is 0. The minimum absolute atomic E-state index is 0.223. The zero-order chi connectivity index (χ0) is 13.1. The minimum Gasteiger partial charge on any atom is -0.321 e. The fourth-order valence-electron chi connectivity index (χ4n) is 2.45. The molecule has 1 aliphatic rings. The van der Waals surface area contributed by atoms with Crippen molar-refractivity contribution in [3.63, 3.8) is 0 Å². The molecule has 0 radical (unpaired) electrons. The SMILES string of the molecule is CC1(C)Cc2cc(C(F)(F)F)ccc2C1(C)N. The zero-order valence-electron chi connectivity index (χ0n) is 10.2. The molecule has 1 nitrogen and oxygen atoms in total. The number of alkyl halides is 3. The molecule has 0 heterocycles. The lowest BCUT2D eigenvalue weighted by Gasteiger charge is -2.35. The van der Waals surface area contributed by atoms with Crippen molar-refractivity contribution in [2.45, 2.75) is 38.9 Å². The molecule has 0 bridgehead atoms. The summed E-state index contributed by atoms with van der Waals surface area (Å²) in [6.07, 6.45) is -3.70. The van der Waals surface area contributed by atoms with Crippen molar-refractivity contribution in [3.8, 4) is 0 Å². The Balaban J connectivity index is 2.54. The molecule has 1 unspecified atom stereocenters. The number of rotatable bonds is 0. The summed E-state index contributed by atoms with van der Waals surface area (Å²) >= 11 is 0. The van der Waals surface area contributed by atoms with Crippen LogP contribution in [0.3, 0.4) is 0 Å². The molecule has 0 amide bonds. The van der Waals surface area contributed by atoms with Crippen LogP contribution in [0.5, 0.6) is 0 Å². The van der Waals surface area contributed by atoms with E-state index in [1.54, 1.807) is 0 Å². The molecular formula is C13H16F3N. The highest BCUT2D eigenvalue weighted by molar-refractivity contribution is 5.44. The van der Waals surface area contributed by atoms with E-state index in [9.17, 15) is 13.2 Å². The van der Waals surface area contributed by atoms with Gasteiger partial charge >= 0.3 is 6.18 Å². The van der Waals surface area contributed by atoms with E-state index in [1.807, 2.05) is 20.8 Å². The van der Waals surface area contributed by atoms with Crippen LogP contribution in [0.25, 0.3) is 0 Å². The van der Waals surface area contributed by atoms with Crippen LogP contribution in [0, 0.1) is 5.41 Å². The molecule has 0 aromatic heterocycles. The van der Waals surface area contributed by atoms with Crippen LogP contribution < -0.4 is 5.73 Å². The molecule has 1 atom stereocenters. The molecule has 4 heteroatoms. The summed E-state index contributed by atoms with van der Waals surface area (Å²) in [5.41, 5.74) is 6.40. The van der Waals surface area contributed by atoms with Crippen molar-refractivity contribution in [2.75, 3.05) is 0 Å². The lowest BCUT2D eigenvalue weighted by Crippen LogP contribution is -2.43. The normalized spacial score (nSPS) is 27.0. The number of nitrogens with two attached hydrogens (primary N) is 1. The summed E-state index contributed by atoms with van der Waals surface area (Å²) in [6.45, 7) is 5.85. The molecule has 1 aromatic rings. The van der Waals surface area contributed by atoms with E-state index >= 15 is 0 Å². The van der Waals surface area contributed by atoms with Gasteiger partial charge < -0.3 is 5.73 Å². The maximum atomic E-state index is 12.6. The van der Waals surface area contributed by atoms with Crippen LogP contribution in [-0.2, 0) is 18.1 Å². The number of hydrogen-bond donors (Lipinski definition) is 1. The summed E-state index contributed by atoms with van der Waals surface area (Å²) in [6, 6.07) is 3.87. The molecule has 1 aromatic carbocycles. The van der Waals surface area contributed by atoms with E-state index in [-0.39, 0.29) is 5.41 Å². The molecule has 1 aliphatic carbocycles. The molecule has 17 heavy (non-hydrogen) atoms. The van der Waals surface area contributed by atoms with E-state index in [4.69, 9.17) is 5.73 Å². The maximum Gasteiger partial charge on any atom is 0.416 e. The summed E-state index contributed by atoms with van der Waals surface area (Å²) in [5, 5.41) is 0. The molecule has 0 fully saturated rings. The van der Waals surface area contributed by atoms with E-state index in [0.29, 0.717) is 6.42 Å². The van der Waals surface area contributed by atoms with Gasteiger partial charge in [0.05, 0.1) is 5.56 Å². The fraction of sp³-hybridized carbons (Fsp3) is 0.538. The van der Waals surface area contributed by atoms with Gasteiger partial charge in [-0.2, -0.15) is 13.2 Å². The third-order valence-electron chi connectivity index (χ3n) is 4.03. The highest BCUT2D eigenvalue weighted by atomic mass is 19.4. The van der Waals surface area contributed by atoms with Crippen LogP contribution in [0.4, 0.5) is 13.2 Å². The first-order chi connectivity index (χ1) is 7.56. The fourth-order valence-corrected chi connectivity index (χ4v) is 2.45. The lowest BCUT2D eigenvalue weighted by atomic mass is 9.75. The number of fused-ring (bicyclic) bond motifs is 1. The lowest BCUT2D eigenvalue weighted by molar-refractivity contribution is -0.137. The summed E-state index contributed by atoms with van der Waals surface area (Å²) in [4.78, 5) is 0. The Morgan fingerprint density at radius 2 is 1.76 bits per heavy atom. The van der Waals surface area contributed by atoms with Crippen molar-refractivity contribution in [3.05, 3.63) is 34.9 Å². The third-order valence-corrected chi connectivity index (χ3v) is 4.03. The predicted octanol–water partition coefficient (Wildman–Crippen LogP) is 3.46. The van der Waals surface area contributed by atoms with Gasteiger partial charge in [-0.1, -0.05) is 19.9 Å².